The fourth-order valence-corrected chi connectivity index (χ4v) is 8.65. The van der Waals surface area contributed by atoms with E-state index in [1.54, 1.807) is 17.9 Å². The highest BCUT2D eigenvalue weighted by Crippen LogP contribution is 2.59. The molecule has 1 unspecified atom stereocenters. The van der Waals surface area contributed by atoms with Crippen molar-refractivity contribution in [3.8, 4) is 11.4 Å². The van der Waals surface area contributed by atoms with Gasteiger partial charge in [0.25, 0.3) is 0 Å². The maximum atomic E-state index is 14.7. The topological polar surface area (TPSA) is 122 Å². The summed E-state index contributed by atoms with van der Waals surface area (Å²) in [5.41, 5.74) is 2.75. The number of halogens is 4. The van der Waals surface area contributed by atoms with Crippen LogP contribution in [0.2, 0.25) is 0 Å². The molecule has 0 saturated carbocycles. The van der Waals surface area contributed by atoms with Crippen molar-refractivity contribution in [2.75, 3.05) is 49.2 Å². The predicted octanol–water partition coefficient (Wildman–Crippen LogP) is 7.57. The summed E-state index contributed by atoms with van der Waals surface area (Å²) in [5, 5.41) is 8.57. The lowest BCUT2D eigenvalue weighted by Crippen LogP contribution is -2.46. The first-order chi connectivity index (χ1) is 26.5. The maximum absolute atomic E-state index is 14.7. The summed E-state index contributed by atoms with van der Waals surface area (Å²) in [6.45, 7) is 7.55. The van der Waals surface area contributed by atoms with Crippen LogP contribution in [0, 0.1) is 17.6 Å². The Bertz CT molecular complexity index is 2140. The smallest absolute Gasteiger partial charge is 0.380 e. The minimum atomic E-state index is -3.78. The Morgan fingerprint density at radius 1 is 0.927 bits per heavy atom. The summed E-state index contributed by atoms with van der Waals surface area (Å²) in [7, 11) is 0. The number of ether oxygens (including phenoxy) is 2. The normalized spacial score (nSPS) is 20.4. The second-order valence-corrected chi connectivity index (χ2v) is 17.9. The number of hydrogen-bond donors (Lipinski definition) is 0. The number of hydrogen-bond acceptors (Lipinski definition) is 10. The zero-order chi connectivity index (χ0) is 38.7. The van der Waals surface area contributed by atoms with Gasteiger partial charge < -0.3 is 23.8 Å². The molecule has 0 bridgehead atoms. The van der Waals surface area contributed by atoms with Gasteiger partial charge in [-0.05, 0) is 96.8 Å². The predicted molar refractivity (Wildman–Crippen MR) is 206 cm³/mol. The molecular weight excluding hydrogens is 776 g/mol. The largest absolute Gasteiger partial charge is 0.493 e. The van der Waals surface area contributed by atoms with Crippen LogP contribution in [-0.4, -0.2) is 74.6 Å². The fourth-order valence-electron chi connectivity index (χ4n) is 7.37. The van der Waals surface area contributed by atoms with Gasteiger partial charge >= 0.3 is 11.8 Å². The van der Waals surface area contributed by atoms with Crippen LogP contribution in [0.15, 0.2) is 90.5 Å². The summed E-state index contributed by atoms with van der Waals surface area (Å²) in [6.07, 6.45) is 0.458. The molecule has 5 atom stereocenters. The number of anilines is 2. The minimum Gasteiger partial charge on any atom is -0.493 e. The highest BCUT2D eigenvalue weighted by molar-refractivity contribution is 8.05. The molecule has 292 valence electrons. The Morgan fingerprint density at radius 3 is 2.18 bits per heavy atom. The summed E-state index contributed by atoms with van der Waals surface area (Å²) < 4.78 is 62.1. The summed E-state index contributed by atoms with van der Waals surface area (Å²) >= 11 is 11.2. The molecule has 0 aliphatic carbocycles. The van der Waals surface area contributed by atoms with Crippen LogP contribution in [0.3, 0.4) is 0 Å². The third kappa shape index (κ3) is 9.08. The van der Waals surface area contributed by atoms with E-state index in [-0.39, 0.29) is 23.2 Å². The highest BCUT2D eigenvalue weighted by Gasteiger charge is 2.36. The van der Waals surface area contributed by atoms with E-state index in [0.717, 1.165) is 49.4 Å². The first-order valence-corrected chi connectivity index (χ1v) is 21.5. The molecule has 2 saturated heterocycles. The third-order valence-electron chi connectivity index (χ3n) is 10.2. The van der Waals surface area contributed by atoms with Crippen molar-refractivity contribution in [3.63, 3.8) is 0 Å². The monoisotopic (exact) mass is 816 g/mol. The highest BCUT2D eigenvalue weighted by atomic mass is 35.9. The number of benzene rings is 3. The zero-order valence-corrected chi connectivity index (χ0v) is 32.6. The van der Waals surface area contributed by atoms with E-state index in [2.05, 4.69) is 37.1 Å². The molecule has 2 fully saturated rings. The first kappa shape index (κ1) is 39.0. The van der Waals surface area contributed by atoms with Crippen molar-refractivity contribution in [3.05, 3.63) is 113 Å². The van der Waals surface area contributed by atoms with Gasteiger partial charge in [0.05, 0.1) is 37.1 Å². The van der Waals surface area contributed by atoms with Crippen molar-refractivity contribution in [2.24, 2.45) is 5.92 Å². The number of piperazine rings is 1. The molecule has 55 heavy (non-hydrogen) atoms. The van der Waals surface area contributed by atoms with Crippen molar-refractivity contribution in [1.29, 1.82) is 0 Å². The first-order valence-electron chi connectivity index (χ1n) is 18.0. The van der Waals surface area contributed by atoms with E-state index in [0.29, 0.717) is 31.7 Å². The van der Waals surface area contributed by atoms with Crippen molar-refractivity contribution < 1.29 is 27.3 Å². The van der Waals surface area contributed by atoms with Crippen LogP contribution in [0.4, 0.5) is 20.2 Å². The SMILES string of the molecule is CC[C@@H]([C@H](C)OP(=O)(Cl)Cl)n1ncn(-c2ccc(N3CCN(c4ccc(OC[C@@H]5CO[C@@H](c6ccc(F)cc6F)C(n6cncn6)C5)cc4)CC3)cc2)c1=O. The Labute approximate surface area is 326 Å². The Balaban J connectivity index is 0.911. The van der Waals surface area contributed by atoms with Crippen LogP contribution in [-0.2, 0) is 13.8 Å². The van der Waals surface area contributed by atoms with Crippen molar-refractivity contribution >= 4 is 39.9 Å². The van der Waals surface area contributed by atoms with E-state index in [1.165, 1.54) is 34.0 Å². The lowest BCUT2D eigenvalue weighted by Gasteiger charge is -2.37. The van der Waals surface area contributed by atoms with Gasteiger partial charge in [-0.1, -0.05) is 13.0 Å². The molecule has 7 rings (SSSR count). The van der Waals surface area contributed by atoms with Gasteiger partial charge in [0, 0.05) is 55.1 Å². The molecule has 2 aliphatic rings. The molecule has 2 aliphatic heterocycles. The standard InChI is InChI=1S/C37H41Cl2F2N8O5P/c1-3-34(25(2)54-55(38,39)51)49-37(50)47(24-44-49)30-7-5-28(6-8-30)45-14-16-46(17-15-45)29-9-11-31(12-10-29)52-20-26-18-35(48-23-42-22-43-48)36(53-21-26)32-13-4-27(40)19-33(32)41/h4-13,19,22-26,34-36H,3,14-18,20-21H2,1-2H3/t25-,26+,34-,35?,36-/m0/s1. The van der Waals surface area contributed by atoms with Gasteiger partial charge in [-0.3, -0.25) is 4.57 Å². The molecule has 0 spiro atoms. The van der Waals surface area contributed by atoms with E-state index >= 15 is 0 Å². The van der Waals surface area contributed by atoms with Gasteiger partial charge in [-0.15, -0.1) is 0 Å². The minimum absolute atomic E-state index is 0.0160. The van der Waals surface area contributed by atoms with E-state index in [9.17, 15) is 18.1 Å². The van der Waals surface area contributed by atoms with E-state index < -0.39 is 36.0 Å². The lowest BCUT2D eigenvalue weighted by atomic mass is 9.90. The van der Waals surface area contributed by atoms with Gasteiger partial charge in [-0.2, -0.15) is 10.2 Å². The molecule has 18 heteroatoms. The Morgan fingerprint density at radius 2 is 1.58 bits per heavy atom. The molecule has 0 amide bonds. The van der Waals surface area contributed by atoms with Crippen LogP contribution in [0.25, 0.3) is 5.69 Å². The average Bonchev–Trinajstić information content (AvgIpc) is 3.85. The Kier molecular flexibility index (Phi) is 11.9. The van der Waals surface area contributed by atoms with Crippen molar-refractivity contribution in [1.82, 2.24) is 29.1 Å². The Hall–Kier alpha value is -4.27. The quantitative estimate of drug-likeness (QED) is 0.110. The average molecular weight is 818 g/mol. The molecule has 5 aromatic rings. The van der Waals surface area contributed by atoms with Crippen LogP contribution in [0.1, 0.15) is 50.4 Å². The number of nitrogens with zero attached hydrogens (tertiary/aromatic N) is 8. The maximum Gasteiger partial charge on any atom is 0.380 e. The molecule has 3 aromatic carbocycles. The summed E-state index contributed by atoms with van der Waals surface area (Å²) in [5.74, 6) is -0.538. The van der Waals surface area contributed by atoms with Crippen molar-refractivity contribution in [2.45, 2.75) is 51.0 Å². The van der Waals surface area contributed by atoms with Gasteiger partial charge in [0.1, 0.15) is 42.5 Å². The van der Waals surface area contributed by atoms with Crippen LogP contribution in [0.5, 0.6) is 5.75 Å². The van der Waals surface area contributed by atoms with Crippen LogP contribution < -0.4 is 20.2 Å². The third-order valence-corrected chi connectivity index (χ3v) is 11.3. The van der Waals surface area contributed by atoms with Gasteiger partial charge in [-0.25, -0.2) is 32.5 Å². The van der Waals surface area contributed by atoms with Gasteiger partial charge in [0.15, 0.2) is 0 Å². The van der Waals surface area contributed by atoms with E-state index in [4.69, 9.17) is 36.5 Å². The summed E-state index contributed by atoms with van der Waals surface area (Å²) in [4.78, 5) is 22.0. The number of rotatable bonds is 13. The summed E-state index contributed by atoms with van der Waals surface area (Å²) in [6, 6.07) is 18.5. The second-order valence-electron chi connectivity index (χ2n) is 13.7. The number of aromatic nitrogens is 6. The molecule has 4 heterocycles. The van der Waals surface area contributed by atoms with E-state index in [1.807, 2.05) is 43.3 Å². The zero-order valence-electron chi connectivity index (χ0n) is 30.2. The lowest BCUT2D eigenvalue weighted by molar-refractivity contribution is -0.0667. The van der Waals surface area contributed by atoms with Crippen LogP contribution >= 0.6 is 28.6 Å². The molecule has 0 N–H and O–H groups in total. The molecule has 0 radical (unpaired) electrons. The molecule has 2 aromatic heterocycles. The second kappa shape index (κ2) is 16.8. The molecular formula is C37H41Cl2F2N8O5P. The molecule has 13 nitrogen and oxygen atoms in total. The fraction of sp³-hybridized carbons (Fsp3) is 0.405. The van der Waals surface area contributed by atoms with Gasteiger partial charge in [0.2, 0.25) is 0 Å².